The van der Waals surface area contributed by atoms with Crippen LogP contribution < -0.4 is 16.4 Å². The number of rotatable bonds is 7. The summed E-state index contributed by atoms with van der Waals surface area (Å²) in [7, 11) is 0. The van der Waals surface area contributed by atoms with Gasteiger partial charge in [-0.25, -0.2) is 0 Å². The molecule has 0 aliphatic rings. The van der Waals surface area contributed by atoms with Gasteiger partial charge < -0.3 is 16.4 Å². The monoisotopic (exact) mass is 277 g/mol. The van der Waals surface area contributed by atoms with Gasteiger partial charge in [0.2, 0.25) is 11.8 Å². The fraction of sp³-hybridized carbons (Fsp3) is 0.467. The molecule has 1 unspecified atom stereocenters. The van der Waals surface area contributed by atoms with E-state index in [0.717, 1.165) is 17.7 Å². The van der Waals surface area contributed by atoms with Crippen LogP contribution in [0.4, 0.5) is 5.69 Å². The van der Waals surface area contributed by atoms with Crippen LogP contribution in [0.15, 0.2) is 24.3 Å². The van der Waals surface area contributed by atoms with Crippen molar-refractivity contribution >= 4 is 17.5 Å². The van der Waals surface area contributed by atoms with Crippen LogP contribution in [0.3, 0.4) is 0 Å². The predicted molar refractivity (Wildman–Crippen MR) is 80.0 cm³/mol. The lowest BCUT2D eigenvalue weighted by Gasteiger charge is -2.10. The highest BCUT2D eigenvalue weighted by Crippen LogP contribution is 2.10. The van der Waals surface area contributed by atoms with E-state index >= 15 is 0 Å². The number of benzene rings is 1. The summed E-state index contributed by atoms with van der Waals surface area (Å²) < 4.78 is 0. The van der Waals surface area contributed by atoms with Crippen LogP contribution in [0, 0.1) is 5.92 Å². The summed E-state index contributed by atoms with van der Waals surface area (Å²) >= 11 is 0. The van der Waals surface area contributed by atoms with Crippen LogP contribution in [0.25, 0.3) is 0 Å². The Hall–Kier alpha value is -1.88. The summed E-state index contributed by atoms with van der Waals surface area (Å²) in [6.07, 6.45) is 1.35. The summed E-state index contributed by atoms with van der Waals surface area (Å²) in [5, 5.41) is 5.64. The van der Waals surface area contributed by atoms with E-state index in [2.05, 4.69) is 10.6 Å². The largest absolute Gasteiger partial charge is 0.352 e. The highest BCUT2D eigenvalue weighted by atomic mass is 16.2. The summed E-state index contributed by atoms with van der Waals surface area (Å²) in [5.41, 5.74) is 7.19. The molecule has 5 heteroatoms. The predicted octanol–water partition coefficient (Wildman–Crippen LogP) is 1.64. The molecule has 0 bridgehead atoms. The molecule has 1 atom stereocenters. The third-order valence-electron chi connectivity index (χ3n) is 2.98. The molecule has 110 valence electrons. The minimum absolute atomic E-state index is 0.0188. The van der Waals surface area contributed by atoms with Crippen molar-refractivity contribution in [1.29, 1.82) is 0 Å². The van der Waals surface area contributed by atoms with E-state index in [-0.39, 0.29) is 17.7 Å². The smallest absolute Gasteiger partial charge is 0.224 e. The van der Waals surface area contributed by atoms with E-state index < -0.39 is 0 Å². The van der Waals surface area contributed by atoms with E-state index in [1.54, 1.807) is 6.92 Å². The van der Waals surface area contributed by atoms with Crippen molar-refractivity contribution < 1.29 is 9.59 Å². The van der Waals surface area contributed by atoms with Crippen LogP contribution in [-0.2, 0) is 16.1 Å². The number of amides is 2. The summed E-state index contributed by atoms with van der Waals surface area (Å²) in [6, 6.07) is 7.44. The van der Waals surface area contributed by atoms with Crippen LogP contribution >= 0.6 is 0 Å². The normalized spacial score (nSPS) is 11.8. The highest BCUT2D eigenvalue weighted by molar-refractivity contribution is 5.90. The molecule has 0 fully saturated rings. The third kappa shape index (κ3) is 5.40. The van der Waals surface area contributed by atoms with Crippen LogP contribution in [0.2, 0.25) is 0 Å². The second-order valence-corrected chi connectivity index (χ2v) is 4.85. The van der Waals surface area contributed by atoms with Gasteiger partial charge in [-0.15, -0.1) is 0 Å². The Balaban J connectivity index is 2.46. The maximum atomic E-state index is 11.6. The summed E-state index contributed by atoms with van der Waals surface area (Å²) in [5.74, 6) is -0.208. The molecule has 0 saturated carbocycles. The van der Waals surface area contributed by atoms with Crippen molar-refractivity contribution in [1.82, 2.24) is 5.32 Å². The summed E-state index contributed by atoms with van der Waals surface area (Å²) in [4.78, 5) is 23.0. The number of hydrogen-bond acceptors (Lipinski definition) is 3. The first-order valence-corrected chi connectivity index (χ1v) is 6.93. The fourth-order valence-electron chi connectivity index (χ4n) is 1.63. The molecule has 2 amide bonds. The Morgan fingerprint density at radius 2 is 1.90 bits per heavy atom. The van der Waals surface area contributed by atoms with Crippen molar-refractivity contribution in [3.63, 3.8) is 0 Å². The van der Waals surface area contributed by atoms with Gasteiger partial charge in [-0.05, 0) is 24.1 Å². The van der Waals surface area contributed by atoms with Crippen molar-refractivity contribution in [3.8, 4) is 0 Å². The molecule has 1 aromatic rings. The quantitative estimate of drug-likeness (QED) is 0.708. The lowest BCUT2D eigenvalue weighted by Crippen LogP contribution is -2.32. The Labute approximate surface area is 119 Å². The van der Waals surface area contributed by atoms with Gasteiger partial charge in [0.1, 0.15) is 0 Å². The third-order valence-corrected chi connectivity index (χ3v) is 2.98. The molecule has 1 aromatic carbocycles. The molecule has 1 rings (SSSR count). The van der Waals surface area contributed by atoms with Gasteiger partial charge in [0, 0.05) is 31.1 Å². The lowest BCUT2D eigenvalue weighted by molar-refractivity contribution is -0.124. The number of nitrogens with one attached hydrogen (secondary N) is 2. The Kier molecular flexibility index (Phi) is 6.73. The van der Waals surface area contributed by atoms with Gasteiger partial charge >= 0.3 is 0 Å². The molecule has 0 heterocycles. The van der Waals surface area contributed by atoms with Crippen molar-refractivity contribution in [2.24, 2.45) is 11.7 Å². The fourth-order valence-corrected chi connectivity index (χ4v) is 1.63. The van der Waals surface area contributed by atoms with Crippen molar-refractivity contribution in [3.05, 3.63) is 29.8 Å². The average molecular weight is 277 g/mol. The molecule has 0 aliphatic heterocycles. The number of hydrogen-bond donors (Lipinski definition) is 3. The number of nitrogens with two attached hydrogens (primary N) is 1. The molecular formula is C15H23N3O2. The van der Waals surface area contributed by atoms with Gasteiger partial charge in [0.05, 0.1) is 0 Å². The highest BCUT2D eigenvalue weighted by Gasteiger charge is 2.09. The Morgan fingerprint density at radius 1 is 1.25 bits per heavy atom. The van der Waals surface area contributed by atoms with Gasteiger partial charge in [-0.3, -0.25) is 9.59 Å². The number of anilines is 1. The van der Waals surface area contributed by atoms with Gasteiger partial charge in [0.25, 0.3) is 0 Å². The van der Waals surface area contributed by atoms with E-state index in [4.69, 9.17) is 5.73 Å². The maximum Gasteiger partial charge on any atom is 0.224 e. The second kappa shape index (κ2) is 8.32. The Morgan fingerprint density at radius 3 is 2.45 bits per heavy atom. The lowest BCUT2D eigenvalue weighted by atomic mass is 10.1. The number of carbonyl (C=O) groups excluding carboxylic acids is 2. The maximum absolute atomic E-state index is 11.6. The minimum Gasteiger partial charge on any atom is -0.352 e. The van der Waals surface area contributed by atoms with Crippen molar-refractivity contribution in [2.75, 3.05) is 11.9 Å². The first kappa shape index (κ1) is 16.2. The van der Waals surface area contributed by atoms with E-state index in [1.807, 2.05) is 31.2 Å². The molecule has 0 aromatic heterocycles. The molecule has 20 heavy (non-hydrogen) atoms. The molecule has 0 radical (unpaired) electrons. The zero-order valence-electron chi connectivity index (χ0n) is 12.1. The first-order valence-electron chi connectivity index (χ1n) is 6.93. The van der Waals surface area contributed by atoms with Crippen LogP contribution in [0.1, 0.15) is 32.3 Å². The first-order chi connectivity index (χ1) is 9.56. The minimum atomic E-state index is -0.178. The SMILES string of the molecule is CCCC(=O)Nc1ccc(CNC(=O)C(C)CN)cc1. The van der Waals surface area contributed by atoms with E-state index in [1.165, 1.54) is 0 Å². The molecular weight excluding hydrogens is 254 g/mol. The van der Waals surface area contributed by atoms with Crippen LogP contribution in [-0.4, -0.2) is 18.4 Å². The molecule has 0 saturated heterocycles. The standard InChI is InChI=1S/C15H23N3O2/c1-3-4-14(19)18-13-7-5-12(6-8-13)10-17-15(20)11(2)9-16/h5-8,11H,3-4,9-10,16H2,1-2H3,(H,17,20)(H,18,19). The Bertz CT molecular complexity index is 443. The summed E-state index contributed by atoms with van der Waals surface area (Å²) in [6.45, 7) is 4.57. The topological polar surface area (TPSA) is 84.2 Å². The van der Waals surface area contributed by atoms with Gasteiger partial charge in [0.15, 0.2) is 0 Å². The van der Waals surface area contributed by atoms with E-state index in [0.29, 0.717) is 19.5 Å². The molecule has 4 N–H and O–H groups in total. The zero-order chi connectivity index (χ0) is 15.0. The van der Waals surface area contributed by atoms with Gasteiger partial charge in [-0.1, -0.05) is 26.0 Å². The zero-order valence-corrected chi connectivity index (χ0v) is 12.1. The number of carbonyl (C=O) groups is 2. The molecule has 0 aliphatic carbocycles. The second-order valence-electron chi connectivity index (χ2n) is 4.85. The van der Waals surface area contributed by atoms with Crippen molar-refractivity contribution in [2.45, 2.75) is 33.2 Å². The van der Waals surface area contributed by atoms with Crippen LogP contribution in [0.5, 0.6) is 0 Å². The molecule has 5 nitrogen and oxygen atoms in total. The average Bonchev–Trinajstić information content (AvgIpc) is 2.45. The van der Waals surface area contributed by atoms with Gasteiger partial charge in [-0.2, -0.15) is 0 Å². The molecule has 0 spiro atoms. The van der Waals surface area contributed by atoms with E-state index in [9.17, 15) is 9.59 Å².